The number of likely N-dealkylation sites (N-methyl/N-ethyl adjacent to an activating group) is 3. The van der Waals surface area contributed by atoms with Crippen LogP contribution in [0.2, 0.25) is 0 Å². The minimum atomic E-state index is -0.495. The van der Waals surface area contributed by atoms with E-state index in [1.807, 2.05) is 36.4 Å². The molecule has 0 spiro atoms. The first-order chi connectivity index (χ1) is 33.9. The Morgan fingerprint density at radius 3 is 2.11 bits per heavy atom. The number of aromatic nitrogens is 4. The Balaban J connectivity index is 0.000000176. The molecule has 2 saturated heterocycles. The van der Waals surface area contributed by atoms with Gasteiger partial charge in [-0.3, -0.25) is 24.4 Å². The predicted octanol–water partition coefficient (Wildman–Crippen LogP) is 5.80. The largest absolute Gasteiger partial charge is 0.397 e. The van der Waals surface area contributed by atoms with Gasteiger partial charge < -0.3 is 51.0 Å². The predicted molar refractivity (Wildman–Crippen MR) is 287 cm³/mol. The minimum absolute atomic E-state index is 0. The number of amidine groups is 1. The molecule has 0 saturated carbocycles. The van der Waals surface area contributed by atoms with Crippen LogP contribution in [0.5, 0.6) is 0 Å². The number of halogens is 3. The summed E-state index contributed by atoms with van der Waals surface area (Å²) < 4.78 is 40.4. The van der Waals surface area contributed by atoms with E-state index in [1.165, 1.54) is 29.8 Å². The van der Waals surface area contributed by atoms with Gasteiger partial charge in [-0.15, -0.1) is 24.0 Å². The second-order valence-electron chi connectivity index (χ2n) is 18.3. The average molecular weight is 1080 g/mol. The summed E-state index contributed by atoms with van der Waals surface area (Å²) in [6.45, 7) is 7.23. The fourth-order valence-electron chi connectivity index (χ4n) is 9.79. The molecule has 16 nitrogen and oxygen atoms in total. The zero-order chi connectivity index (χ0) is 48.6. The summed E-state index contributed by atoms with van der Waals surface area (Å²) in [5.74, 6) is -0.285. The lowest BCUT2D eigenvalue weighted by Gasteiger charge is -2.38. The zero-order valence-corrected chi connectivity index (χ0v) is 42.0. The third-order valence-electron chi connectivity index (χ3n) is 13.7. The third kappa shape index (κ3) is 10.1. The zero-order valence-electron chi connectivity index (χ0n) is 39.6. The van der Waals surface area contributed by atoms with Crippen LogP contribution in [0.15, 0.2) is 123 Å². The van der Waals surface area contributed by atoms with Crippen molar-refractivity contribution in [2.24, 2.45) is 4.99 Å². The molecule has 71 heavy (non-hydrogen) atoms. The molecule has 1 aliphatic carbocycles. The Labute approximate surface area is 425 Å². The number of hydrogen-bond acceptors (Lipinski definition) is 13. The molecule has 2 fully saturated rings. The van der Waals surface area contributed by atoms with Crippen LogP contribution in [-0.4, -0.2) is 138 Å². The van der Waals surface area contributed by atoms with Crippen LogP contribution in [0.3, 0.4) is 0 Å². The van der Waals surface area contributed by atoms with Crippen LogP contribution in [0.4, 0.5) is 25.8 Å². The molecule has 4 aromatic carbocycles. The van der Waals surface area contributed by atoms with Crippen LogP contribution in [-0.2, 0) is 16.0 Å². The number of H-pyrrole nitrogens is 3. The van der Waals surface area contributed by atoms with Crippen LogP contribution in [0, 0.1) is 11.6 Å². The number of nitrogens with one attached hydrogen (secondary N) is 4. The first kappa shape index (κ1) is 49.3. The Morgan fingerprint density at radius 1 is 0.761 bits per heavy atom. The van der Waals surface area contributed by atoms with E-state index < -0.39 is 22.8 Å². The number of hydrogen-bond donors (Lipinski definition) is 6. The molecular weight excluding hydrogens is 1020 g/mol. The molecule has 4 aliphatic rings. The highest BCUT2D eigenvalue weighted by Crippen LogP contribution is 2.32. The lowest BCUT2D eigenvalue weighted by molar-refractivity contribution is -0.00826. The van der Waals surface area contributed by atoms with Crippen molar-refractivity contribution in [3.63, 3.8) is 0 Å². The van der Waals surface area contributed by atoms with Crippen molar-refractivity contribution in [3.05, 3.63) is 152 Å². The number of allylic oxidation sites excluding steroid dienone is 1. The van der Waals surface area contributed by atoms with E-state index in [-0.39, 0.29) is 75.4 Å². The Hall–Kier alpha value is -6.65. The maximum Gasteiger partial charge on any atom is 0.261 e. The number of nitrogen functional groups attached to an aromatic ring is 2. The first-order valence-corrected chi connectivity index (χ1v) is 23.4. The Morgan fingerprint density at radius 2 is 1.41 bits per heavy atom. The maximum atomic E-state index is 14.5. The number of nitrogens with two attached hydrogens (primary N) is 2. The standard InChI is InChI=1S/C29H29FN6O2.C23H27FN6O2.HI/c1-35(16-20-17-38-13-12-36(20)15-18-6-3-2-4-7-18)19-10-11-22-24(14-19)33-28(32-22)26-27(31)25-21(30)8-5-9-23(25)34-29(26)37;1-29-8-9-32-12-14(29)11-30(2)13-6-7-16-18(10-13)27-22(26-16)20-21(25)19-15(24)4-3-5-17(19)28-23(20)31;/h2-11,14,20H,12-13,15-17H2,1H3,(H,32,33)(H3,31,34,37);3-7,10,14,16,18H,8-9,11-12H2,1-2H3,(H,26,27)(H3,25,28,31);1H. The summed E-state index contributed by atoms with van der Waals surface area (Å²) in [4.78, 5) is 52.7. The van der Waals surface area contributed by atoms with Crippen LogP contribution < -0.4 is 32.8 Å². The highest BCUT2D eigenvalue weighted by molar-refractivity contribution is 14.0. The van der Waals surface area contributed by atoms with Gasteiger partial charge >= 0.3 is 0 Å². The summed E-state index contributed by atoms with van der Waals surface area (Å²) in [5, 5.41) is 3.69. The maximum absolute atomic E-state index is 14.5. The average Bonchev–Trinajstić information content (AvgIpc) is 3.97. The number of benzene rings is 4. The summed E-state index contributed by atoms with van der Waals surface area (Å²) in [6.07, 6.45) is 6.17. The molecule has 4 atom stereocenters. The molecule has 0 bridgehead atoms. The highest BCUT2D eigenvalue weighted by Gasteiger charge is 2.33. The number of ether oxygens (including phenoxy) is 2. The number of imidazole rings is 1. The van der Waals surface area contributed by atoms with Crippen LogP contribution >= 0.6 is 24.0 Å². The van der Waals surface area contributed by atoms with Gasteiger partial charge in [0, 0.05) is 58.2 Å². The smallest absolute Gasteiger partial charge is 0.261 e. The molecule has 0 radical (unpaired) electrons. The molecule has 370 valence electrons. The third-order valence-corrected chi connectivity index (χ3v) is 13.7. The van der Waals surface area contributed by atoms with Crippen LogP contribution in [0.1, 0.15) is 11.1 Å². The molecule has 11 rings (SSSR count). The first-order valence-electron chi connectivity index (χ1n) is 23.4. The van der Waals surface area contributed by atoms with E-state index in [0.717, 1.165) is 69.4 Å². The SMILES string of the molecule is CN(CC1COCCN1C)C1=CC2NC(c3c(N)c4c(F)cccc4[nH]c3=O)=NC2C=C1.CN(CC1COCCN1Cc1ccccc1)c1ccc2nc(-c3c(N)c4c(F)cccc4[nH]c3=O)[nH]c2c1.I. The van der Waals surface area contributed by atoms with Gasteiger partial charge in [-0.05, 0) is 67.2 Å². The number of aromatic amines is 3. The molecule has 0 amide bonds. The highest BCUT2D eigenvalue weighted by atomic mass is 127. The van der Waals surface area contributed by atoms with E-state index in [2.05, 4.69) is 101 Å². The van der Waals surface area contributed by atoms with Gasteiger partial charge in [0.15, 0.2) is 0 Å². The van der Waals surface area contributed by atoms with E-state index in [4.69, 9.17) is 20.9 Å². The van der Waals surface area contributed by atoms with Gasteiger partial charge in [0.05, 0.1) is 94.8 Å². The van der Waals surface area contributed by atoms with Crippen molar-refractivity contribution < 1.29 is 18.3 Å². The molecule has 3 aliphatic heterocycles. The fourth-order valence-corrected chi connectivity index (χ4v) is 9.79. The van der Waals surface area contributed by atoms with Crippen molar-refractivity contribution >= 4 is 79.7 Å². The molecule has 6 heterocycles. The normalized spacial score (nSPS) is 20.1. The molecule has 4 unspecified atom stereocenters. The second kappa shape index (κ2) is 21.0. The van der Waals surface area contributed by atoms with Crippen LogP contribution in [0.25, 0.3) is 44.2 Å². The fraction of sp³-hybridized carbons (Fsp3) is 0.308. The van der Waals surface area contributed by atoms with E-state index in [1.54, 1.807) is 12.1 Å². The number of anilines is 3. The number of morpholine rings is 2. The topological polar surface area (TPSA) is 202 Å². The number of pyridine rings is 2. The number of rotatable bonds is 10. The van der Waals surface area contributed by atoms with Crippen molar-refractivity contribution in [2.45, 2.75) is 30.7 Å². The Kier molecular flexibility index (Phi) is 14.6. The van der Waals surface area contributed by atoms with Gasteiger partial charge in [0.25, 0.3) is 11.1 Å². The number of fused-ring (bicyclic) bond motifs is 4. The quantitative estimate of drug-likeness (QED) is 0.0901. The summed E-state index contributed by atoms with van der Waals surface area (Å²) in [6, 6.07) is 25.7. The molecular formula is C52H57F2IN12O4. The van der Waals surface area contributed by atoms with Crippen molar-refractivity contribution in [1.82, 2.24) is 40.0 Å². The molecule has 3 aromatic heterocycles. The van der Waals surface area contributed by atoms with Gasteiger partial charge in [0.2, 0.25) is 0 Å². The summed E-state index contributed by atoms with van der Waals surface area (Å²) in [7, 11) is 6.24. The molecule has 19 heteroatoms. The Bertz CT molecular complexity index is 3310. The van der Waals surface area contributed by atoms with Gasteiger partial charge in [-0.1, -0.05) is 48.5 Å². The summed E-state index contributed by atoms with van der Waals surface area (Å²) in [5.41, 5.74) is 17.7. The van der Waals surface area contributed by atoms with Gasteiger partial charge in [-0.25, -0.2) is 13.8 Å². The summed E-state index contributed by atoms with van der Waals surface area (Å²) >= 11 is 0. The minimum Gasteiger partial charge on any atom is -0.397 e. The van der Waals surface area contributed by atoms with E-state index >= 15 is 0 Å². The van der Waals surface area contributed by atoms with E-state index in [0.29, 0.717) is 40.9 Å². The lowest BCUT2D eigenvalue weighted by Crippen LogP contribution is -2.50. The molecule has 7 aromatic rings. The van der Waals surface area contributed by atoms with Crippen molar-refractivity contribution in [3.8, 4) is 11.4 Å². The van der Waals surface area contributed by atoms with Crippen molar-refractivity contribution in [2.75, 3.05) is 90.1 Å². The lowest BCUT2D eigenvalue weighted by atomic mass is 10.0. The number of nitrogens with zero attached hydrogens (tertiary/aromatic N) is 6. The van der Waals surface area contributed by atoms with E-state index in [9.17, 15) is 18.4 Å². The number of aliphatic imine (C=N–C) groups is 1. The second-order valence-corrected chi connectivity index (χ2v) is 18.3. The van der Waals surface area contributed by atoms with Gasteiger partial charge in [-0.2, -0.15) is 0 Å². The monoisotopic (exact) mass is 1080 g/mol. The van der Waals surface area contributed by atoms with Crippen molar-refractivity contribution in [1.29, 1.82) is 0 Å². The van der Waals surface area contributed by atoms with Gasteiger partial charge in [0.1, 0.15) is 34.4 Å². The molecule has 8 N–H and O–H groups in total.